The minimum absolute atomic E-state index is 0.0558. The Balaban J connectivity index is 2.17. The topological polar surface area (TPSA) is 57.6 Å². The number of nitrogens with one attached hydrogen (secondary N) is 1. The van der Waals surface area contributed by atoms with E-state index in [2.05, 4.69) is 21.9 Å². The Hall–Kier alpha value is -3.16. The van der Waals surface area contributed by atoms with Crippen LogP contribution in [-0.2, 0) is 4.79 Å². The van der Waals surface area contributed by atoms with Gasteiger partial charge in [0.15, 0.2) is 0 Å². The Kier molecular flexibility index (Phi) is 4.73. The number of anilines is 1. The molecule has 0 saturated heterocycles. The van der Waals surface area contributed by atoms with Crippen molar-refractivity contribution in [3.8, 4) is 0 Å². The van der Waals surface area contributed by atoms with Gasteiger partial charge >= 0.3 is 11.8 Å². The van der Waals surface area contributed by atoms with Crippen molar-refractivity contribution in [2.45, 2.75) is 18.8 Å². The maximum Gasteiger partial charge on any atom is 0.442 e. The van der Waals surface area contributed by atoms with E-state index >= 15 is 0 Å². The van der Waals surface area contributed by atoms with E-state index in [1.165, 1.54) is 12.3 Å². The first-order valence-corrected chi connectivity index (χ1v) is 8.15. The van der Waals surface area contributed by atoms with Crippen LogP contribution in [0.15, 0.2) is 66.3 Å². The van der Waals surface area contributed by atoms with Crippen LogP contribution >= 0.6 is 0 Å². The number of amides is 1. The van der Waals surface area contributed by atoms with Gasteiger partial charge in [0, 0.05) is 18.3 Å². The molecule has 2 aromatic rings. The highest BCUT2D eigenvalue weighted by molar-refractivity contribution is 6.16. The van der Waals surface area contributed by atoms with E-state index in [0.717, 1.165) is 4.90 Å². The first-order chi connectivity index (χ1) is 12.8. The smallest absolute Gasteiger partial charge is 0.330 e. The van der Waals surface area contributed by atoms with Crippen LogP contribution in [0.1, 0.15) is 11.1 Å². The Bertz CT molecular complexity index is 895. The monoisotopic (exact) mass is 374 g/mol. The third-order valence-corrected chi connectivity index (χ3v) is 4.15. The van der Waals surface area contributed by atoms with Gasteiger partial charge in [0.05, 0.1) is 0 Å². The number of hydrogen-bond acceptors (Lipinski definition) is 4. The molecule has 140 valence electrons. The largest absolute Gasteiger partial charge is 0.442 e. The zero-order chi connectivity index (χ0) is 19.7. The van der Waals surface area contributed by atoms with Gasteiger partial charge in [-0.1, -0.05) is 42.5 Å². The zero-order valence-electron chi connectivity index (χ0n) is 14.5. The van der Waals surface area contributed by atoms with Crippen molar-refractivity contribution in [1.82, 2.24) is 9.88 Å². The van der Waals surface area contributed by atoms with Crippen molar-refractivity contribution < 1.29 is 18.0 Å². The molecular weight excluding hydrogens is 357 g/mol. The summed E-state index contributed by atoms with van der Waals surface area (Å²) in [5, 5.41) is 2.25. The second-order valence-electron chi connectivity index (χ2n) is 6.01. The number of carbonyl (C=O) groups excluding carboxylic acids is 1. The maximum atomic E-state index is 14.1. The number of aromatic nitrogens is 1. The second-order valence-corrected chi connectivity index (χ2v) is 6.01. The van der Waals surface area contributed by atoms with Crippen LogP contribution < -0.4 is 5.32 Å². The van der Waals surface area contributed by atoms with Crippen molar-refractivity contribution in [1.29, 1.82) is 0 Å². The normalized spacial score (nSPS) is 19.8. The van der Waals surface area contributed by atoms with Gasteiger partial charge in [0.25, 0.3) is 5.91 Å². The van der Waals surface area contributed by atoms with Crippen LogP contribution in [0.5, 0.6) is 0 Å². The average Bonchev–Trinajstić information content (AvgIpc) is 2.92. The van der Waals surface area contributed by atoms with Crippen molar-refractivity contribution >= 4 is 17.6 Å². The predicted octanol–water partition coefficient (Wildman–Crippen LogP) is 3.54. The van der Waals surface area contributed by atoms with Crippen LogP contribution in [0, 0.1) is 6.92 Å². The Morgan fingerprint density at radius 1 is 1.22 bits per heavy atom. The van der Waals surface area contributed by atoms with Gasteiger partial charge in [0.1, 0.15) is 11.7 Å². The number of pyridine rings is 1. The number of aryl methyl sites for hydroxylation is 1. The number of carbonyl (C=O) groups is 1. The molecule has 27 heavy (non-hydrogen) atoms. The molecule has 1 N–H and O–H groups in total. The number of rotatable bonds is 5. The van der Waals surface area contributed by atoms with Gasteiger partial charge in [-0.15, -0.1) is 6.58 Å². The van der Waals surface area contributed by atoms with E-state index in [4.69, 9.17) is 0 Å². The molecular formula is C19H17F3N4O. The van der Waals surface area contributed by atoms with E-state index in [1.807, 2.05) is 0 Å². The number of nitrogens with zero attached hydrogens (tertiary/aromatic N) is 3. The molecule has 0 spiro atoms. The lowest BCUT2D eigenvalue weighted by atomic mass is 10.1. The highest BCUT2D eigenvalue weighted by Gasteiger charge is 2.66. The predicted molar refractivity (Wildman–Crippen MR) is 96.3 cm³/mol. The molecule has 1 atom stereocenters. The summed E-state index contributed by atoms with van der Waals surface area (Å²) < 4.78 is 42.3. The van der Waals surface area contributed by atoms with Gasteiger partial charge in [-0.25, -0.2) is 9.98 Å². The molecule has 0 fully saturated rings. The molecule has 5 nitrogen and oxygen atoms in total. The summed E-state index contributed by atoms with van der Waals surface area (Å²) in [6.07, 6.45) is -2.28. The lowest BCUT2D eigenvalue weighted by Gasteiger charge is -2.29. The molecule has 0 bridgehead atoms. The van der Waals surface area contributed by atoms with E-state index < -0.39 is 17.7 Å². The van der Waals surface area contributed by atoms with Gasteiger partial charge in [0.2, 0.25) is 0 Å². The fraction of sp³-hybridized carbons (Fsp3) is 0.211. The number of alkyl halides is 3. The second kappa shape index (κ2) is 6.86. The molecule has 1 aliphatic heterocycles. The van der Waals surface area contributed by atoms with Crippen LogP contribution in [0.4, 0.5) is 19.0 Å². The third kappa shape index (κ3) is 3.18. The number of benzene rings is 1. The standard InChI is InChI=1S/C19H17F3N4O/c1-3-12-26-16(14-9-5-4-6-10-14)25-18(17(26)27,19(20,21)22)24-15-13(2)8-7-11-23-15/h3-11H,1,12H2,2H3,(H,23,24). The van der Waals surface area contributed by atoms with E-state index in [9.17, 15) is 18.0 Å². The molecule has 0 saturated carbocycles. The maximum absolute atomic E-state index is 14.1. The fourth-order valence-corrected chi connectivity index (χ4v) is 2.79. The van der Waals surface area contributed by atoms with Crippen molar-refractivity contribution in [3.63, 3.8) is 0 Å². The van der Waals surface area contributed by atoms with Crippen LogP contribution in [0.25, 0.3) is 0 Å². The average molecular weight is 374 g/mol. The summed E-state index contributed by atoms with van der Waals surface area (Å²) in [6, 6.07) is 11.4. The summed E-state index contributed by atoms with van der Waals surface area (Å²) in [4.78, 5) is 21.7. The number of halogens is 3. The molecule has 1 aromatic carbocycles. The third-order valence-electron chi connectivity index (χ3n) is 4.15. The first-order valence-electron chi connectivity index (χ1n) is 8.15. The summed E-state index contributed by atoms with van der Waals surface area (Å²) in [6.45, 7) is 5.03. The van der Waals surface area contributed by atoms with E-state index in [1.54, 1.807) is 49.4 Å². The van der Waals surface area contributed by atoms with Crippen LogP contribution in [-0.4, -0.2) is 40.0 Å². The fourth-order valence-electron chi connectivity index (χ4n) is 2.79. The molecule has 1 unspecified atom stereocenters. The summed E-state index contributed by atoms with van der Waals surface area (Å²) in [5.74, 6) is -1.35. The Labute approximate surface area is 154 Å². The van der Waals surface area contributed by atoms with Crippen LogP contribution in [0.2, 0.25) is 0 Å². The minimum Gasteiger partial charge on any atom is -0.330 e. The highest BCUT2D eigenvalue weighted by Crippen LogP contribution is 2.40. The molecule has 2 heterocycles. The minimum atomic E-state index is -4.98. The SMILES string of the molecule is C=CCN1C(=O)C(Nc2ncccc2C)(C(F)(F)F)N=C1c1ccccc1. The molecule has 1 amide bonds. The van der Waals surface area contributed by atoms with Crippen molar-refractivity contribution in [3.05, 3.63) is 72.4 Å². The van der Waals surface area contributed by atoms with E-state index in [-0.39, 0.29) is 18.2 Å². The van der Waals surface area contributed by atoms with Crippen molar-refractivity contribution in [2.75, 3.05) is 11.9 Å². The molecule has 8 heteroatoms. The summed E-state index contributed by atoms with van der Waals surface area (Å²) in [5.41, 5.74) is -2.29. The lowest BCUT2D eigenvalue weighted by molar-refractivity contribution is -0.185. The summed E-state index contributed by atoms with van der Waals surface area (Å²) in [7, 11) is 0. The Morgan fingerprint density at radius 3 is 2.52 bits per heavy atom. The Morgan fingerprint density at radius 2 is 1.93 bits per heavy atom. The molecule has 1 aromatic heterocycles. The van der Waals surface area contributed by atoms with Gasteiger partial charge in [-0.05, 0) is 18.6 Å². The molecule has 0 radical (unpaired) electrons. The lowest BCUT2D eigenvalue weighted by Crippen LogP contribution is -2.58. The number of hydrogen-bond donors (Lipinski definition) is 1. The highest BCUT2D eigenvalue weighted by atomic mass is 19.4. The molecule has 3 rings (SSSR count). The number of amidine groups is 1. The van der Waals surface area contributed by atoms with E-state index in [0.29, 0.717) is 11.1 Å². The quantitative estimate of drug-likeness (QED) is 0.815. The van der Waals surface area contributed by atoms with Gasteiger partial charge in [-0.3, -0.25) is 9.69 Å². The van der Waals surface area contributed by atoms with Gasteiger partial charge < -0.3 is 5.32 Å². The summed E-state index contributed by atoms with van der Waals surface area (Å²) >= 11 is 0. The van der Waals surface area contributed by atoms with Crippen LogP contribution in [0.3, 0.4) is 0 Å². The van der Waals surface area contributed by atoms with Gasteiger partial charge in [-0.2, -0.15) is 13.2 Å². The number of aliphatic imine (C=N–C) groups is 1. The molecule has 1 aliphatic rings. The first kappa shape index (κ1) is 18.6. The molecule has 0 aliphatic carbocycles. The zero-order valence-corrected chi connectivity index (χ0v) is 14.5. The van der Waals surface area contributed by atoms with Crippen molar-refractivity contribution in [2.24, 2.45) is 4.99 Å².